The highest BCUT2D eigenvalue weighted by Crippen LogP contribution is 2.34. The first kappa shape index (κ1) is 19.0. The predicted octanol–water partition coefficient (Wildman–Crippen LogP) is 3.51. The normalized spacial score (nSPS) is 18.5. The van der Waals surface area contributed by atoms with Gasteiger partial charge in [-0.2, -0.15) is 0 Å². The molecule has 2 aromatic rings. The monoisotopic (exact) mass is 398 g/mol. The van der Waals surface area contributed by atoms with Crippen molar-refractivity contribution in [1.29, 1.82) is 0 Å². The van der Waals surface area contributed by atoms with Crippen LogP contribution in [0.1, 0.15) is 36.2 Å². The molecule has 1 aliphatic heterocycles. The molecule has 1 fully saturated rings. The molecule has 28 heavy (non-hydrogen) atoms. The average Bonchev–Trinajstić information content (AvgIpc) is 3.39. The van der Waals surface area contributed by atoms with Crippen molar-refractivity contribution in [1.82, 2.24) is 9.80 Å². The Balaban J connectivity index is 1.48. The van der Waals surface area contributed by atoms with Crippen LogP contribution in [0.25, 0.3) is 0 Å². The van der Waals surface area contributed by atoms with Crippen molar-refractivity contribution in [3.63, 3.8) is 0 Å². The lowest BCUT2D eigenvalue weighted by Crippen LogP contribution is -2.47. The molecule has 148 valence electrons. The number of hydrogen-bond acceptors (Lipinski definition) is 4. The number of rotatable bonds is 7. The van der Waals surface area contributed by atoms with Crippen LogP contribution in [-0.4, -0.2) is 47.9 Å². The van der Waals surface area contributed by atoms with Gasteiger partial charge in [0.05, 0.1) is 12.6 Å². The predicted molar refractivity (Wildman–Crippen MR) is 109 cm³/mol. The van der Waals surface area contributed by atoms with Crippen molar-refractivity contribution in [2.24, 2.45) is 5.92 Å². The molecule has 0 spiro atoms. The zero-order chi connectivity index (χ0) is 19.5. The van der Waals surface area contributed by atoms with E-state index in [-0.39, 0.29) is 24.4 Å². The summed E-state index contributed by atoms with van der Waals surface area (Å²) >= 11 is 1.74. The first-order chi connectivity index (χ1) is 13.6. The molecule has 1 unspecified atom stereocenters. The van der Waals surface area contributed by atoms with Crippen LogP contribution < -0.4 is 4.74 Å². The Bertz CT molecular complexity index is 831. The molecule has 4 rings (SSSR count). The van der Waals surface area contributed by atoms with Gasteiger partial charge in [0.15, 0.2) is 0 Å². The van der Waals surface area contributed by atoms with E-state index in [9.17, 15) is 9.59 Å². The number of ether oxygens (including phenoxy) is 1. The minimum atomic E-state index is -0.113. The van der Waals surface area contributed by atoms with Gasteiger partial charge in [0.2, 0.25) is 11.8 Å². The third-order valence-corrected chi connectivity index (χ3v) is 6.51. The Morgan fingerprint density at radius 1 is 1.21 bits per heavy atom. The number of para-hydroxylation sites is 1. The minimum absolute atomic E-state index is 0.00867. The zero-order valence-corrected chi connectivity index (χ0v) is 17.0. The maximum Gasteiger partial charge on any atom is 0.242 e. The fourth-order valence-electron chi connectivity index (χ4n) is 3.74. The van der Waals surface area contributed by atoms with Gasteiger partial charge in [-0.25, -0.2) is 0 Å². The highest BCUT2D eigenvalue weighted by atomic mass is 32.1. The smallest absolute Gasteiger partial charge is 0.242 e. The summed E-state index contributed by atoms with van der Waals surface area (Å²) in [6.45, 7) is 3.50. The highest BCUT2D eigenvalue weighted by Gasteiger charge is 2.34. The molecule has 6 heteroatoms. The molecule has 1 aromatic heterocycles. The van der Waals surface area contributed by atoms with E-state index in [1.807, 2.05) is 35.2 Å². The number of amides is 2. The lowest BCUT2D eigenvalue weighted by molar-refractivity contribution is -0.142. The Morgan fingerprint density at radius 3 is 2.71 bits per heavy atom. The van der Waals surface area contributed by atoms with Crippen molar-refractivity contribution in [3.05, 3.63) is 52.2 Å². The maximum atomic E-state index is 13.1. The lowest BCUT2D eigenvalue weighted by Gasteiger charge is -2.37. The molecule has 2 amide bonds. The van der Waals surface area contributed by atoms with Crippen molar-refractivity contribution in [2.75, 3.05) is 26.2 Å². The second-order valence-corrected chi connectivity index (χ2v) is 8.62. The van der Waals surface area contributed by atoms with Crippen molar-refractivity contribution < 1.29 is 14.3 Å². The topological polar surface area (TPSA) is 49.9 Å². The van der Waals surface area contributed by atoms with E-state index in [1.165, 1.54) is 10.4 Å². The molecule has 5 nitrogen and oxygen atoms in total. The zero-order valence-electron chi connectivity index (χ0n) is 16.2. The Kier molecular flexibility index (Phi) is 5.67. The Hall–Kier alpha value is -2.34. The summed E-state index contributed by atoms with van der Waals surface area (Å²) in [6, 6.07) is 11.7. The van der Waals surface area contributed by atoms with E-state index < -0.39 is 0 Å². The fraction of sp³-hybridized carbons (Fsp3) is 0.455. The van der Waals surface area contributed by atoms with E-state index in [2.05, 4.69) is 11.4 Å². The second-order valence-electron chi connectivity index (χ2n) is 7.62. The van der Waals surface area contributed by atoms with E-state index in [0.29, 0.717) is 25.6 Å². The number of hydrogen-bond donors (Lipinski definition) is 0. The van der Waals surface area contributed by atoms with Gasteiger partial charge < -0.3 is 14.5 Å². The van der Waals surface area contributed by atoms with Gasteiger partial charge in [-0.3, -0.25) is 9.59 Å². The van der Waals surface area contributed by atoms with Gasteiger partial charge in [0, 0.05) is 24.9 Å². The largest absolute Gasteiger partial charge is 0.491 e. The van der Waals surface area contributed by atoms with Crippen LogP contribution in [-0.2, 0) is 16.0 Å². The standard InChI is InChI=1S/C22H26N2O3S/c1-16(25)23(13-17-7-8-17)14-22(26)24-11-9-21-19(10-12-28-21)20(24)15-27-18-5-3-2-4-6-18/h2-6,10,12,17,20H,7-9,11,13-15H2,1H3. The number of fused-ring (bicyclic) bond motifs is 1. The molecule has 2 heterocycles. The Labute approximate surface area is 169 Å². The number of nitrogens with zero attached hydrogens (tertiary/aromatic N) is 2. The van der Waals surface area contributed by atoms with Crippen molar-refractivity contribution >= 4 is 23.2 Å². The van der Waals surface area contributed by atoms with Crippen molar-refractivity contribution in [3.8, 4) is 5.75 Å². The molecule has 0 bridgehead atoms. The molecule has 0 saturated heterocycles. The molecule has 0 N–H and O–H groups in total. The number of benzene rings is 1. The summed E-state index contributed by atoms with van der Waals surface area (Å²) in [5.41, 5.74) is 1.18. The van der Waals surface area contributed by atoms with E-state index in [4.69, 9.17) is 4.74 Å². The summed E-state index contributed by atoms with van der Waals surface area (Å²) in [5.74, 6) is 1.36. The van der Waals surface area contributed by atoms with Crippen LogP contribution in [0.3, 0.4) is 0 Å². The molecule has 1 saturated carbocycles. The Morgan fingerprint density at radius 2 is 2.00 bits per heavy atom. The SMILES string of the molecule is CC(=O)N(CC(=O)N1CCc2sccc2C1COc1ccccc1)CC1CC1. The summed E-state index contributed by atoms with van der Waals surface area (Å²) < 4.78 is 6.01. The highest BCUT2D eigenvalue weighted by molar-refractivity contribution is 7.10. The first-order valence-electron chi connectivity index (χ1n) is 9.91. The first-order valence-corrected chi connectivity index (χ1v) is 10.8. The van der Waals surface area contributed by atoms with Gasteiger partial charge >= 0.3 is 0 Å². The molecule has 1 atom stereocenters. The number of carbonyl (C=O) groups excluding carboxylic acids is 2. The quantitative estimate of drug-likeness (QED) is 0.717. The van der Waals surface area contributed by atoms with Gasteiger partial charge in [-0.1, -0.05) is 18.2 Å². The van der Waals surface area contributed by atoms with Gasteiger partial charge in [0.25, 0.3) is 0 Å². The minimum Gasteiger partial charge on any atom is -0.491 e. The van der Waals surface area contributed by atoms with Crippen LogP contribution in [0.2, 0.25) is 0 Å². The molecule has 0 radical (unpaired) electrons. The van der Waals surface area contributed by atoms with Crippen LogP contribution in [0.4, 0.5) is 0 Å². The summed E-state index contributed by atoms with van der Waals surface area (Å²) in [5, 5.41) is 2.09. The lowest BCUT2D eigenvalue weighted by atomic mass is 10.0. The fourth-order valence-corrected chi connectivity index (χ4v) is 4.67. The summed E-state index contributed by atoms with van der Waals surface area (Å²) in [4.78, 5) is 30.1. The summed E-state index contributed by atoms with van der Waals surface area (Å²) in [6.07, 6.45) is 3.18. The molecule has 2 aliphatic rings. The average molecular weight is 399 g/mol. The molecular formula is C22H26N2O3S. The van der Waals surface area contributed by atoms with Gasteiger partial charge in [-0.05, 0) is 54.3 Å². The second kappa shape index (κ2) is 8.35. The maximum absolute atomic E-state index is 13.1. The van der Waals surface area contributed by atoms with E-state index >= 15 is 0 Å². The molecular weight excluding hydrogens is 372 g/mol. The molecule has 1 aromatic carbocycles. The third-order valence-electron chi connectivity index (χ3n) is 5.51. The van der Waals surface area contributed by atoms with Crippen LogP contribution >= 0.6 is 11.3 Å². The summed E-state index contributed by atoms with van der Waals surface area (Å²) in [7, 11) is 0. The van der Waals surface area contributed by atoms with E-state index in [1.54, 1.807) is 23.2 Å². The van der Waals surface area contributed by atoms with Gasteiger partial charge in [-0.15, -0.1) is 11.3 Å². The number of carbonyl (C=O) groups is 2. The van der Waals surface area contributed by atoms with Crippen molar-refractivity contribution in [2.45, 2.75) is 32.2 Å². The van der Waals surface area contributed by atoms with Gasteiger partial charge in [0.1, 0.15) is 12.4 Å². The molecule has 1 aliphatic carbocycles. The van der Waals surface area contributed by atoms with Crippen LogP contribution in [0, 0.1) is 5.92 Å². The van der Waals surface area contributed by atoms with E-state index in [0.717, 1.165) is 25.0 Å². The van der Waals surface area contributed by atoms with Crippen LogP contribution in [0.5, 0.6) is 5.75 Å². The number of thiophene rings is 1. The third kappa shape index (κ3) is 4.38. The van der Waals surface area contributed by atoms with Crippen LogP contribution in [0.15, 0.2) is 41.8 Å².